The number of nitrogens with zero attached hydrogens (tertiary/aromatic N) is 1. The van der Waals surface area contributed by atoms with Crippen LogP contribution >= 0.6 is 0 Å². The number of benzene rings is 1. The Kier molecular flexibility index (Phi) is 3.92. The summed E-state index contributed by atoms with van der Waals surface area (Å²) in [5.74, 6) is -2.82. The smallest absolute Gasteiger partial charge is 0.314 e. The number of rotatable bonds is 5. The van der Waals surface area contributed by atoms with Crippen LogP contribution in [0.2, 0.25) is 0 Å². The van der Waals surface area contributed by atoms with Gasteiger partial charge >= 0.3 is 5.97 Å². The van der Waals surface area contributed by atoms with E-state index in [2.05, 4.69) is 0 Å². The Bertz CT molecular complexity index is 451. The molecule has 0 aromatic heterocycles. The summed E-state index contributed by atoms with van der Waals surface area (Å²) in [6.07, 6.45) is 0.186. The topological polar surface area (TPSA) is 97.5 Å². The summed E-state index contributed by atoms with van der Waals surface area (Å²) in [5.41, 5.74) is 0.0368. The average molecular weight is 237 g/mol. The zero-order valence-electron chi connectivity index (χ0n) is 9.12. The van der Waals surface area contributed by atoms with Gasteiger partial charge in [-0.15, -0.1) is 0 Å². The van der Waals surface area contributed by atoms with Crippen molar-refractivity contribution < 1.29 is 19.6 Å². The molecule has 1 atom stereocenters. The number of carboxylic acid groups (broad SMARTS) is 1. The summed E-state index contributed by atoms with van der Waals surface area (Å²) in [7, 11) is 0. The lowest BCUT2D eigenvalue weighted by atomic mass is 9.95. The summed E-state index contributed by atoms with van der Waals surface area (Å²) >= 11 is 0. The summed E-state index contributed by atoms with van der Waals surface area (Å²) < 4.78 is 0. The molecular formula is C11H11NO5. The zero-order valence-corrected chi connectivity index (χ0v) is 9.12. The van der Waals surface area contributed by atoms with Gasteiger partial charge in [0, 0.05) is 17.7 Å². The third kappa shape index (κ3) is 2.87. The number of nitro benzene ring substituents is 1. The predicted octanol–water partition coefficient (Wildman–Crippen LogP) is 1.89. The molecule has 0 amide bonds. The highest BCUT2D eigenvalue weighted by molar-refractivity contribution is 6.08. The van der Waals surface area contributed by atoms with Crippen LogP contribution in [0.4, 0.5) is 5.69 Å². The number of hydrogen-bond donors (Lipinski definition) is 1. The van der Waals surface area contributed by atoms with E-state index in [0.717, 1.165) is 0 Å². The monoisotopic (exact) mass is 237 g/mol. The summed E-state index contributed by atoms with van der Waals surface area (Å²) in [4.78, 5) is 32.4. The number of ketones is 1. The number of carbonyl (C=O) groups is 2. The number of nitro groups is 1. The van der Waals surface area contributed by atoms with Gasteiger partial charge in [0.2, 0.25) is 0 Å². The van der Waals surface area contributed by atoms with Crippen LogP contribution in [0.25, 0.3) is 0 Å². The Balaban J connectivity index is 2.97. The lowest BCUT2D eigenvalue weighted by Crippen LogP contribution is -2.23. The number of non-ortho nitro benzene ring substituents is 1. The fourth-order valence-electron chi connectivity index (χ4n) is 1.42. The first-order valence-corrected chi connectivity index (χ1v) is 4.98. The molecule has 6 nitrogen and oxygen atoms in total. The largest absolute Gasteiger partial charge is 0.481 e. The van der Waals surface area contributed by atoms with Crippen molar-refractivity contribution in [3.8, 4) is 0 Å². The third-order valence-electron chi connectivity index (χ3n) is 2.39. The van der Waals surface area contributed by atoms with Gasteiger partial charge in [0.1, 0.15) is 5.92 Å². The lowest BCUT2D eigenvalue weighted by molar-refractivity contribution is -0.384. The van der Waals surface area contributed by atoms with Gasteiger partial charge in [-0.05, 0) is 18.6 Å². The number of aliphatic carboxylic acids is 1. The molecule has 0 spiro atoms. The second kappa shape index (κ2) is 5.20. The fourth-order valence-corrected chi connectivity index (χ4v) is 1.42. The SMILES string of the molecule is CC[C@H](C(=O)O)C(=O)c1ccc([N+](=O)[O-])cc1. The summed E-state index contributed by atoms with van der Waals surface area (Å²) in [6.45, 7) is 1.60. The van der Waals surface area contributed by atoms with Crippen LogP contribution in [0, 0.1) is 16.0 Å². The van der Waals surface area contributed by atoms with Crippen LogP contribution in [-0.4, -0.2) is 21.8 Å². The van der Waals surface area contributed by atoms with Crippen molar-refractivity contribution in [1.82, 2.24) is 0 Å². The molecule has 0 unspecified atom stereocenters. The normalized spacial score (nSPS) is 11.8. The van der Waals surface area contributed by atoms with E-state index in [4.69, 9.17) is 5.11 Å². The highest BCUT2D eigenvalue weighted by Gasteiger charge is 2.25. The van der Waals surface area contributed by atoms with Crippen LogP contribution in [-0.2, 0) is 4.79 Å². The molecule has 1 N–H and O–H groups in total. The van der Waals surface area contributed by atoms with Crippen LogP contribution in [0.5, 0.6) is 0 Å². The lowest BCUT2D eigenvalue weighted by Gasteiger charge is -2.07. The van der Waals surface area contributed by atoms with E-state index in [1.54, 1.807) is 6.92 Å². The first-order chi connectivity index (χ1) is 7.97. The van der Waals surface area contributed by atoms with E-state index in [-0.39, 0.29) is 17.7 Å². The number of carbonyl (C=O) groups excluding carboxylic acids is 1. The maximum atomic E-state index is 11.7. The molecule has 1 aromatic carbocycles. The van der Waals surface area contributed by atoms with Gasteiger partial charge in [-0.1, -0.05) is 6.92 Å². The molecule has 0 aliphatic heterocycles. The van der Waals surface area contributed by atoms with Crippen molar-refractivity contribution in [3.63, 3.8) is 0 Å². The maximum Gasteiger partial charge on any atom is 0.314 e. The first kappa shape index (κ1) is 12.8. The molecule has 1 rings (SSSR count). The second-order valence-electron chi connectivity index (χ2n) is 3.47. The van der Waals surface area contributed by atoms with E-state index in [1.807, 2.05) is 0 Å². The molecule has 0 aliphatic carbocycles. The van der Waals surface area contributed by atoms with Gasteiger partial charge in [-0.2, -0.15) is 0 Å². The molecular weight excluding hydrogens is 226 g/mol. The van der Waals surface area contributed by atoms with Gasteiger partial charge < -0.3 is 5.11 Å². The molecule has 90 valence electrons. The van der Waals surface area contributed by atoms with Gasteiger partial charge in [0.05, 0.1) is 4.92 Å². The Morgan fingerprint density at radius 1 is 1.35 bits per heavy atom. The third-order valence-corrected chi connectivity index (χ3v) is 2.39. The van der Waals surface area contributed by atoms with Crippen LogP contribution in [0.3, 0.4) is 0 Å². The maximum absolute atomic E-state index is 11.7. The number of hydrogen-bond acceptors (Lipinski definition) is 4. The Morgan fingerprint density at radius 2 is 1.88 bits per heavy atom. The highest BCUT2D eigenvalue weighted by atomic mass is 16.6. The standard InChI is InChI=1S/C11H11NO5/c1-2-9(11(14)15)10(13)7-3-5-8(6-4-7)12(16)17/h3-6,9H,2H2,1H3,(H,14,15)/t9-/m0/s1. The second-order valence-corrected chi connectivity index (χ2v) is 3.47. The molecule has 0 heterocycles. The first-order valence-electron chi connectivity index (χ1n) is 4.98. The molecule has 17 heavy (non-hydrogen) atoms. The summed E-state index contributed by atoms with van der Waals surface area (Å²) in [6, 6.07) is 4.90. The molecule has 6 heteroatoms. The van der Waals surface area contributed by atoms with Crippen molar-refractivity contribution in [2.75, 3.05) is 0 Å². The molecule has 0 fully saturated rings. The molecule has 1 aromatic rings. The van der Waals surface area contributed by atoms with E-state index >= 15 is 0 Å². The van der Waals surface area contributed by atoms with Gasteiger partial charge in [0.25, 0.3) is 5.69 Å². The van der Waals surface area contributed by atoms with E-state index < -0.39 is 22.6 Å². The van der Waals surface area contributed by atoms with E-state index in [9.17, 15) is 19.7 Å². The Morgan fingerprint density at radius 3 is 2.24 bits per heavy atom. The van der Waals surface area contributed by atoms with Crippen LogP contribution in [0.15, 0.2) is 24.3 Å². The minimum absolute atomic E-state index is 0.134. The highest BCUT2D eigenvalue weighted by Crippen LogP contribution is 2.16. The molecule has 0 saturated heterocycles. The summed E-state index contributed by atoms with van der Waals surface area (Å²) in [5, 5.41) is 19.2. The fraction of sp³-hybridized carbons (Fsp3) is 0.273. The minimum atomic E-state index is -1.18. The van der Waals surface area contributed by atoms with E-state index in [1.165, 1.54) is 24.3 Å². The predicted molar refractivity (Wildman–Crippen MR) is 58.8 cm³/mol. The average Bonchev–Trinajstić information content (AvgIpc) is 2.29. The van der Waals surface area contributed by atoms with Crippen molar-refractivity contribution in [3.05, 3.63) is 39.9 Å². The van der Waals surface area contributed by atoms with Crippen LogP contribution in [0.1, 0.15) is 23.7 Å². The van der Waals surface area contributed by atoms with Crippen molar-refractivity contribution in [2.24, 2.45) is 5.92 Å². The van der Waals surface area contributed by atoms with E-state index in [0.29, 0.717) is 0 Å². The van der Waals surface area contributed by atoms with Gasteiger partial charge in [-0.25, -0.2) is 0 Å². The molecule has 0 bridgehead atoms. The number of carboxylic acids is 1. The molecule has 0 aliphatic rings. The Labute approximate surface area is 97.0 Å². The Hall–Kier alpha value is -2.24. The minimum Gasteiger partial charge on any atom is -0.481 e. The van der Waals surface area contributed by atoms with Crippen LogP contribution < -0.4 is 0 Å². The van der Waals surface area contributed by atoms with Crippen molar-refractivity contribution in [1.29, 1.82) is 0 Å². The van der Waals surface area contributed by atoms with Crippen molar-refractivity contribution >= 4 is 17.4 Å². The quantitative estimate of drug-likeness (QED) is 0.365. The zero-order chi connectivity index (χ0) is 13.0. The van der Waals surface area contributed by atoms with Crippen molar-refractivity contribution in [2.45, 2.75) is 13.3 Å². The molecule has 0 saturated carbocycles. The number of Topliss-reactive ketones (excluding diaryl/α,β-unsaturated/α-hetero) is 1. The van der Waals surface area contributed by atoms with Gasteiger partial charge in [-0.3, -0.25) is 19.7 Å². The molecule has 0 radical (unpaired) electrons. The van der Waals surface area contributed by atoms with Gasteiger partial charge in [0.15, 0.2) is 5.78 Å².